The quantitative estimate of drug-likeness (QED) is 0.638. The molecule has 1 heterocycles. The highest BCUT2D eigenvalue weighted by Crippen LogP contribution is 2.30. The van der Waals surface area contributed by atoms with Crippen LogP contribution in [0.25, 0.3) is 10.1 Å². The largest absolute Gasteiger partial charge is 0.416 e. The number of carbonyl (C=O) groups excluding carboxylic acids is 1. The molecule has 0 fully saturated rings. The van der Waals surface area contributed by atoms with E-state index >= 15 is 0 Å². The van der Waals surface area contributed by atoms with Gasteiger partial charge in [0.1, 0.15) is 0 Å². The zero-order valence-corrected chi connectivity index (χ0v) is 15.1. The SMILES string of the molecule is O=C(CCc1ccc(C(F)(F)F)cc1)NCC(O)c1csc2ccccc12. The minimum Gasteiger partial charge on any atom is -0.387 e. The second kappa shape index (κ2) is 8.10. The minimum absolute atomic E-state index is 0.0899. The van der Waals surface area contributed by atoms with Crippen molar-refractivity contribution in [2.45, 2.75) is 25.1 Å². The molecule has 0 aliphatic carbocycles. The first-order valence-electron chi connectivity index (χ1n) is 8.41. The van der Waals surface area contributed by atoms with E-state index < -0.39 is 17.8 Å². The van der Waals surface area contributed by atoms with Crippen LogP contribution in [0.1, 0.15) is 29.2 Å². The fourth-order valence-corrected chi connectivity index (χ4v) is 3.79. The van der Waals surface area contributed by atoms with E-state index in [1.165, 1.54) is 23.5 Å². The maximum atomic E-state index is 12.5. The number of alkyl halides is 3. The maximum absolute atomic E-state index is 12.5. The Balaban J connectivity index is 1.49. The third kappa shape index (κ3) is 4.87. The number of halogens is 3. The van der Waals surface area contributed by atoms with E-state index in [1.54, 1.807) is 0 Å². The summed E-state index contributed by atoms with van der Waals surface area (Å²) in [6.45, 7) is 0.0899. The van der Waals surface area contributed by atoms with Crippen LogP contribution in [0, 0.1) is 0 Å². The van der Waals surface area contributed by atoms with Gasteiger partial charge in [-0.1, -0.05) is 30.3 Å². The topological polar surface area (TPSA) is 49.3 Å². The van der Waals surface area contributed by atoms with Crippen LogP contribution in [0.3, 0.4) is 0 Å². The summed E-state index contributed by atoms with van der Waals surface area (Å²) in [5.41, 5.74) is 0.725. The summed E-state index contributed by atoms with van der Waals surface area (Å²) in [7, 11) is 0. The fourth-order valence-electron chi connectivity index (χ4n) is 2.78. The van der Waals surface area contributed by atoms with Crippen molar-refractivity contribution in [2.75, 3.05) is 6.54 Å². The van der Waals surface area contributed by atoms with Crippen molar-refractivity contribution in [3.05, 3.63) is 70.6 Å². The summed E-state index contributed by atoms with van der Waals surface area (Å²) >= 11 is 1.53. The second-order valence-corrected chi connectivity index (χ2v) is 7.11. The average molecular weight is 393 g/mol. The summed E-state index contributed by atoms with van der Waals surface area (Å²) < 4.78 is 38.7. The second-order valence-electron chi connectivity index (χ2n) is 6.20. The van der Waals surface area contributed by atoms with Gasteiger partial charge in [0.15, 0.2) is 0 Å². The number of aliphatic hydroxyl groups is 1. The van der Waals surface area contributed by atoms with Crippen molar-refractivity contribution < 1.29 is 23.1 Å². The molecule has 2 aromatic carbocycles. The molecular weight excluding hydrogens is 375 g/mol. The molecular formula is C20H18F3NO2S. The van der Waals surface area contributed by atoms with Crippen LogP contribution in [0.5, 0.6) is 0 Å². The van der Waals surface area contributed by atoms with Crippen molar-refractivity contribution in [2.24, 2.45) is 0 Å². The zero-order chi connectivity index (χ0) is 19.4. The number of benzene rings is 2. The molecule has 27 heavy (non-hydrogen) atoms. The van der Waals surface area contributed by atoms with Crippen molar-refractivity contribution in [3.8, 4) is 0 Å². The summed E-state index contributed by atoms with van der Waals surface area (Å²) in [6, 6.07) is 12.5. The number of fused-ring (bicyclic) bond motifs is 1. The van der Waals surface area contributed by atoms with E-state index in [4.69, 9.17) is 0 Å². The third-order valence-corrected chi connectivity index (χ3v) is 5.27. The molecule has 3 aromatic rings. The molecule has 0 spiro atoms. The van der Waals surface area contributed by atoms with E-state index in [-0.39, 0.29) is 18.9 Å². The Morgan fingerprint density at radius 3 is 2.52 bits per heavy atom. The Hall–Kier alpha value is -2.38. The smallest absolute Gasteiger partial charge is 0.387 e. The number of aliphatic hydroxyl groups excluding tert-OH is 1. The van der Waals surface area contributed by atoms with Crippen molar-refractivity contribution in [1.82, 2.24) is 5.32 Å². The lowest BCUT2D eigenvalue weighted by Crippen LogP contribution is -2.28. The van der Waals surface area contributed by atoms with Gasteiger partial charge in [0.25, 0.3) is 0 Å². The summed E-state index contributed by atoms with van der Waals surface area (Å²) in [4.78, 5) is 12.0. The van der Waals surface area contributed by atoms with Crippen molar-refractivity contribution in [1.29, 1.82) is 0 Å². The van der Waals surface area contributed by atoms with Crippen LogP contribution in [0.2, 0.25) is 0 Å². The van der Waals surface area contributed by atoms with E-state index in [2.05, 4.69) is 5.32 Å². The van der Waals surface area contributed by atoms with Gasteiger partial charge in [0, 0.05) is 23.2 Å². The van der Waals surface area contributed by atoms with E-state index in [9.17, 15) is 23.1 Å². The maximum Gasteiger partial charge on any atom is 0.416 e. The number of nitrogens with one attached hydrogen (secondary N) is 1. The third-order valence-electron chi connectivity index (χ3n) is 4.28. The predicted molar refractivity (Wildman–Crippen MR) is 99.6 cm³/mol. The van der Waals surface area contributed by atoms with Crippen LogP contribution in [-0.4, -0.2) is 17.6 Å². The number of aryl methyl sites for hydroxylation is 1. The monoisotopic (exact) mass is 393 g/mol. The lowest BCUT2D eigenvalue weighted by atomic mass is 10.1. The Labute approximate surface area is 158 Å². The molecule has 7 heteroatoms. The molecule has 0 aliphatic heterocycles. The first-order valence-corrected chi connectivity index (χ1v) is 9.29. The molecule has 1 amide bonds. The number of rotatable bonds is 6. The van der Waals surface area contributed by atoms with Gasteiger partial charge in [-0.3, -0.25) is 4.79 Å². The molecule has 0 saturated heterocycles. The normalized spacial score (nSPS) is 12.9. The van der Waals surface area contributed by atoms with Gasteiger partial charge in [-0.25, -0.2) is 0 Å². The van der Waals surface area contributed by atoms with Crippen molar-refractivity contribution >= 4 is 27.3 Å². The Kier molecular flexibility index (Phi) is 5.82. The van der Waals surface area contributed by atoms with Gasteiger partial charge in [0.05, 0.1) is 11.7 Å². The highest BCUT2D eigenvalue weighted by molar-refractivity contribution is 7.17. The lowest BCUT2D eigenvalue weighted by molar-refractivity contribution is -0.137. The first kappa shape index (κ1) is 19.4. The number of thiophene rings is 1. The molecule has 1 unspecified atom stereocenters. The minimum atomic E-state index is -4.36. The molecule has 1 aromatic heterocycles. The Bertz CT molecular complexity index is 919. The first-order chi connectivity index (χ1) is 12.8. The zero-order valence-electron chi connectivity index (χ0n) is 14.3. The van der Waals surface area contributed by atoms with Gasteiger partial charge >= 0.3 is 6.18 Å². The van der Waals surface area contributed by atoms with Gasteiger partial charge in [-0.2, -0.15) is 13.2 Å². The van der Waals surface area contributed by atoms with Gasteiger partial charge in [-0.05, 0) is 40.9 Å². The highest BCUT2D eigenvalue weighted by atomic mass is 32.1. The summed E-state index contributed by atoms with van der Waals surface area (Å²) in [5.74, 6) is -0.256. The van der Waals surface area contributed by atoms with E-state index in [1.807, 2.05) is 29.6 Å². The Morgan fingerprint density at radius 1 is 1.11 bits per heavy atom. The number of carbonyl (C=O) groups is 1. The molecule has 0 bridgehead atoms. The molecule has 0 aliphatic rings. The number of hydrogen-bond donors (Lipinski definition) is 2. The van der Waals surface area contributed by atoms with E-state index in [0.717, 1.165) is 27.8 Å². The standard InChI is InChI=1S/C20H18F3NO2S/c21-20(22,23)14-8-5-13(6-9-14)7-10-19(26)24-11-17(25)16-12-27-18-4-2-1-3-15(16)18/h1-6,8-9,12,17,25H,7,10-11H2,(H,24,26). The van der Waals surface area contributed by atoms with Gasteiger partial charge < -0.3 is 10.4 Å². The average Bonchev–Trinajstić information content (AvgIpc) is 3.08. The summed E-state index contributed by atoms with van der Waals surface area (Å²) in [6.07, 6.45) is -4.70. The van der Waals surface area contributed by atoms with Crippen LogP contribution >= 0.6 is 11.3 Å². The van der Waals surface area contributed by atoms with Crippen LogP contribution in [0.4, 0.5) is 13.2 Å². The van der Waals surface area contributed by atoms with E-state index in [0.29, 0.717) is 12.0 Å². The lowest BCUT2D eigenvalue weighted by Gasteiger charge is -2.12. The molecule has 1 atom stereocenters. The van der Waals surface area contributed by atoms with Gasteiger partial charge in [-0.15, -0.1) is 11.3 Å². The van der Waals surface area contributed by atoms with Crippen LogP contribution in [0.15, 0.2) is 53.9 Å². The van der Waals surface area contributed by atoms with Crippen molar-refractivity contribution in [3.63, 3.8) is 0 Å². The molecule has 142 valence electrons. The highest BCUT2D eigenvalue weighted by Gasteiger charge is 2.29. The number of amides is 1. The molecule has 0 saturated carbocycles. The van der Waals surface area contributed by atoms with Gasteiger partial charge in [0.2, 0.25) is 5.91 Å². The predicted octanol–water partition coefficient (Wildman–Crippen LogP) is 4.70. The fraction of sp³-hybridized carbons (Fsp3) is 0.250. The molecule has 0 radical (unpaired) electrons. The molecule has 3 rings (SSSR count). The summed E-state index contributed by atoms with van der Waals surface area (Å²) in [5, 5.41) is 15.9. The number of hydrogen-bond acceptors (Lipinski definition) is 3. The molecule has 2 N–H and O–H groups in total. The van der Waals surface area contributed by atoms with Crippen LogP contribution < -0.4 is 5.32 Å². The molecule has 3 nitrogen and oxygen atoms in total. The Morgan fingerprint density at radius 2 is 1.81 bits per heavy atom. The van der Waals surface area contributed by atoms with Crippen LogP contribution in [-0.2, 0) is 17.4 Å².